The van der Waals surface area contributed by atoms with E-state index in [9.17, 15) is 9.59 Å². The number of likely N-dealkylation sites (tertiary alicyclic amines) is 1. The highest BCUT2D eigenvalue weighted by molar-refractivity contribution is 5.97. The monoisotopic (exact) mass is 279 g/mol. The van der Waals surface area contributed by atoms with Crippen molar-refractivity contribution in [1.29, 1.82) is 5.26 Å². The van der Waals surface area contributed by atoms with E-state index in [4.69, 9.17) is 10.4 Å². The fourth-order valence-corrected chi connectivity index (χ4v) is 2.04. The van der Waals surface area contributed by atoms with Crippen molar-refractivity contribution in [2.75, 3.05) is 19.6 Å². The van der Waals surface area contributed by atoms with Crippen molar-refractivity contribution in [3.05, 3.63) is 11.8 Å². The summed E-state index contributed by atoms with van der Waals surface area (Å²) in [6.07, 6.45) is 2.34. The summed E-state index contributed by atoms with van der Waals surface area (Å²) in [6.45, 7) is 5.54. The molecule has 1 heterocycles. The maximum absolute atomic E-state index is 12.1. The number of rotatable bonds is 5. The molecule has 0 radical (unpaired) electrons. The molecule has 6 heteroatoms. The van der Waals surface area contributed by atoms with Crippen LogP contribution in [0.4, 0.5) is 0 Å². The minimum atomic E-state index is -0.813. The normalized spacial score (nSPS) is 16.9. The molecule has 2 N–H and O–H groups in total. The molecule has 1 aliphatic rings. The van der Waals surface area contributed by atoms with Crippen LogP contribution in [-0.2, 0) is 9.59 Å². The number of hydrogen-bond donors (Lipinski definition) is 2. The third kappa shape index (κ3) is 4.57. The second-order valence-electron chi connectivity index (χ2n) is 5.38. The van der Waals surface area contributed by atoms with Crippen molar-refractivity contribution in [3.8, 4) is 6.07 Å². The van der Waals surface area contributed by atoms with Crippen molar-refractivity contribution in [1.82, 2.24) is 10.2 Å². The molecule has 20 heavy (non-hydrogen) atoms. The molecule has 0 bridgehead atoms. The number of carboxylic acid groups (broad SMARTS) is 1. The molecule has 1 aliphatic heterocycles. The molecule has 1 fully saturated rings. The summed E-state index contributed by atoms with van der Waals surface area (Å²) >= 11 is 0. The van der Waals surface area contributed by atoms with E-state index in [0.717, 1.165) is 0 Å². The van der Waals surface area contributed by atoms with Crippen LogP contribution in [0, 0.1) is 23.2 Å². The molecule has 1 amide bonds. The van der Waals surface area contributed by atoms with Crippen molar-refractivity contribution in [3.63, 3.8) is 0 Å². The van der Waals surface area contributed by atoms with Crippen LogP contribution in [0.25, 0.3) is 0 Å². The number of piperidine rings is 1. The number of carbonyl (C=O) groups excluding carboxylic acids is 1. The summed E-state index contributed by atoms with van der Waals surface area (Å²) in [6, 6.07) is 1.90. The molecule has 0 unspecified atom stereocenters. The van der Waals surface area contributed by atoms with Gasteiger partial charge in [0.2, 0.25) is 0 Å². The van der Waals surface area contributed by atoms with Gasteiger partial charge < -0.3 is 15.3 Å². The molecule has 1 rings (SSSR count). The molecule has 0 aliphatic carbocycles. The summed E-state index contributed by atoms with van der Waals surface area (Å²) in [7, 11) is 0. The molecule has 1 saturated heterocycles. The lowest BCUT2D eigenvalue weighted by Crippen LogP contribution is -2.41. The van der Waals surface area contributed by atoms with Crippen molar-refractivity contribution >= 4 is 11.9 Å². The minimum Gasteiger partial charge on any atom is -0.481 e. The van der Waals surface area contributed by atoms with Crippen molar-refractivity contribution < 1.29 is 14.7 Å². The largest absolute Gasteiger partial charge is 0.481 e. The summed E-state index contributed by atoms with van der Waals surface area (Å²) in [5, 5.41) is 20.9. The zero-order valence-electron chi connectivity index (χ0n) is 11.9. The van der Waals surface area contributed by atoms with E-state index < -0.39 is 5.97 Å². The lowest BCUT2D eigenvalue weighted by molar-refractivity contribution is -0.145. The Labute approximate surface area is 119 Å². The molecule has 0 aromatic carbocycles. The van der Waals surface area contributed by atoms with E-state index in [1.54, 1.807) is 4.90 Å². The maximum Gasteiger partial charge on any atom is 0.306 e. The second-order valence-corrected chi connectivity index (χ2v) is 5.38. The predicted molar refractivity (Wildman–Crippen MR) is 73.5 cm³/mol. The molecule has 0 atom stereocenters. The SMILES string of the molecule is CC(C)CN/C=C(/C#N)C(=O)N1CCC(C(=O)O)CC1. The van der Waals surface area contributed by atoms with Gasteiger partial charge in [-0.25, -0.2) is 0 Å². The van der Waals surface area contributed by atoms with E-state index in [2.05, 4.69) is 5.32 Å². The fourth-order valence-electron chi connectivity index (χ4n) is 2.04. The zero-order chi connectivity index (χ0) is 15.1. The van der Waals surface area contributed by atoms with Gasteiger partial charge in [-0.05, 0) is 18.8 Å². The zero-order valence-corrected chi connectivity index (χ0v) is 11.9. The topological polar surface area (TPSA) is 93.4 Å². The average Bonchev–Trinajstić information content (AvgIpc) is 2.42. The highest BCUT2D eigenvalue weighted by Gasteiger charge is 2.28. The van der Waals surface area contributed by atoms with Crippen LogP contribution in [-0.4, -0.2) is 41.5 Å². The number of aliphatic carboxylic acids is 1. The van der Waals surface area contributed by atoms with Crippen LogP contribution in [0.5, 0.6) is 0 Å². The lowest BCUT2D eigenvalue weighted by atomic mass is 9.97. The Morgan fingerprint density at radius 2 is 2.05 bits per heavy atom. The molecule has 6 nitrogen and oxygen atoms in total. The third-order valence-corrected chi connectivity index (χ3v) is 3.25. The van der Waals surface area contributed by atoms with Crippen LogP contribution in [0.1, 0.15) is 26.7 Å². The van der Waals surface area contributed by atoms with Crippen LogP contribution >= 0.6 is 0 Å². The number of amides is 1. The highest BCUT2D eigenvalue weighted by Crippen LogP contribution is 2.18. The smallest absolute Gasteiger partial charge is 0.306 e. The maximum atomic E-state index is 12.1. The first-order valence-electron chi connectivity index (χ1n) is 6.81. The molecule has 0 spiro atoms. The number of nitriles is 1. The number of nitrogens with zero attached hydrogens (tertiary/aromatic N) is 2. The summed E-state index contributed by atoms with van der Waals surface area (Å²) in [4.78, 5) is 24.5. The Balaban J connectivity index is 2.56. The third-order valence-electron chi connectivity index (χ3n) is 3.25. The van der Waals surface area contributed by atoms with Gasteiger partial charge in [0.15, 0.2) is 0 Å². The average molecular weight is 279 g/mol. The van der Waals surface area contributed by atoms with Gasteiger partial charge >= 0.3 is 5.97 Å². The van der Waals surface area contributed by atoms with Gasteiger partial charge in [0.05, 0.1) is 5.92 Å². The van der Waals surface area contributed by atoms with Crippen LogP contribution in [0.2, 0.25) is 0 Å². The first kappa shape index (κ1) is 16.0. The first-order chi connectivity index (χ1) is 9.45. The molecule has 0 aromatic heterocycles. The number of carbonyl (C=O) groups is 2. The molecule has 0 aromatic rings. The Hall–Kier alpha value is -2.03. The molecule has 0 saturated carbocycles. The Kier molecular flexibility index (Phi) is 6.04. The van der Waals surface area contributed by atoms with Gasteiger partial charge in [0.1, 0.15) is 11.6 Å². The minimum absolute atomic E-state index is 0.0689. The van der Waals surface area contributed by atoms with E-state index in [-0.39, 0.29) is 17.4 Å². The van der Waals surface area contributed by atoms with Crippen LogP contribution in [0.3, 0.4) is 0 Å². The molecule has 110 valence electrons. The standard InChI is InChI=1S/C14H21N3O3/c1-10(2)8-16-9-12(7-15)13(18)17-5-3-11(4-6-17)14(19)20/h9-11,16H,3-6,8H2,1-2H3,(H,19,20)/b12-9-. The number of nitrogens with one attached hydrogen (secondary N) is 1. The second kappa shape index (κ2) is 7.53. The Morgan fingerprint density at radius 1 is 1.45 bits per heavy atom. The first-order valence-corrected chi connectivity index (χ1v) is 6.81. The van der Waals surface area contributed by atoms with Gasteiger partial charge in [-0.15, -0.1) is 0 Å². The molecular weight excluding hydrogens is 258 g/mol. The van der Waals surface area contributed by atoms with Gasteiger partial charge in [0, 0.05) is 25.8 Å². The summed E-state index contributed by atoms with van der Waals surface area (Å²) < 4.78 is 0. The lowest BCUT2D eigenvalue weighted by Gasteiger charge is -2.29. The predicted octanol–water partition coefficient (Wildman–Crippen LogP) is 0.963. The van der Waals surface area contributed by atoms with Gasteiger partial charge in [-0.3, -0.25) is 9.59 Å². The van der Waals surface area contributed by atoms with Crippen molar-refractivity contribution in [2.45, 2.75) is 26.7 Å². The van der Waals surface area contributed by atoms with Gasteiger partial charge in [-0.1, -0.05) is 13.8 Å². The number of hydrogen-bond acceptors (Lipinski definition) is 4. The number of carboxylic acids is 1. The summed E-state index contributed by atoms with van der Waals surface area (Å²) in [5.74, 6) is -1.10. The highest BCUT2D eigenvalue weighted by atomic mass is 16.4. The van der Waals surface area contributed by atoms with E-state index in [1.165, 1.54) is 6.20 Å². The summed E-state index contributed by atoms with van der Waals surface area (Å²) in [5.41, 5.74) is 0.0689. The van der Waals surface area contributed by atoms with Crippen molar-refractivity contribution in [2.24, 2.45) is 11.8 Å². The van der Waals surface area contributed by atoms with Crippen LogP contribution < -0.4 is 5.32 Å². The Bertz CT molecular complexity index is 429. The van der Waals surface area contributed by atoms with Gasteiger partial charge in [-0.2, -0.15) is 5.26 Å². The van der Waals surface area contributed by atoms with E-state index in [1.807, 2.05) is 19.9 Å². The van der Waals surface area contributed by atoms with E-state index in [0.29, 0.717) is 38.4 Å². The van der Waals surface area contributed by atoms with E-state index >= 15 is 0 Å². The molecular formula is C14H21N3O3. The van der Waals surface area contributed by atoms with Gasteiger partial charge in [0.25, 0.3) is 5.91 Å². The fraction of sp³-hybridized carbons (Fsp3) is 0.643. The Morgan fingerprint density at radius 3 is 2.50 bits per heavy atom. The quantitative estimate of drug-likeness (QED) is 0.577. The van der Waals surface area contributed by atoms with Crippen LogP contribution in [0.15, 0.2) is 11.8 Å².